The molecule has 0 radical (unpaired) electrons. The van der Waals surface area contributed by atoms with Crippen LogP contribution in [0.5, 0.6) is 0 Å². The first-order valence-electron chi connectivity index (χ1n) is 6.30. The minimum Gasteiger partial charge on any atom is -0.477 e. The van der Waals surface area contributed by atoms with Crippen molar-refractivity contribution in [3.63, 3.8) is 0 Å². The molecule has 110 valence electrons. The average molecular weight is 303 g/mol. The second-order valence-corrected chi connectivity index (χ2v) is 5.93. The third-order valence-electron chi connectivity index (χ3n) is 3.51. The average Bonchev–Trinajstić information content (AvgIpc) is 2.71. The SMILES string of the molecule is Cc1csc(C(=O)O)c1NC(=O)C1CCC(F)(F)CC1. The first-order valence-corrected chi connectivity index (χ1v) is 7.18. The lowest BCUT2D eigenvalue weighted by molar-refractivity contribution is -0.124. The van der Waals surface area contributed by atoms with Crippen LogP contribution in [0, 0.1) is 12.8 Å². The summed E-state index contributed by atoms with van der Waals surface area (Å²) < 4.78 is 26.1. The Morgan fingerprint density at radius 2 is 2.00 bits per heavy atom. The third-order valence-corrected chi connectivity index (χ3v) is 4.59. The van der Waals surface area contributed by atoms with E-state index in [4.69, 9.17) is 5.11 Å². The van der Waals surface area contributed by atoms with Crippen molar-refractivity contribution >= 4 is 28.9 Å². The van der Waals surface area contributed by atoms with Crippen LogP contribution in [-0.4, -0.2) is 22.9 Å². The molecule has 1 aliphatic rings. The fourth-order valence-corrected chi connectivity index (χ4v) is 3.13. The van der Waals surface area contributed by atoms with Crippen LogP contribution in [0.4, 0.5) is 14.5 Å². The molecule has 1 amide bonds. The number of carboxylic acids is 1. The molecule has 1 aromatic heterocycles. The van der Waals surface area contributed by atoms with Crippen molar-refractivity contribution in [2.24, 2.45) is 5.92 Å². The standard InChI is InChI=1S/C13H15F2NO3S/c1-7-6-20-10(12(18)19)9(7)16-11(17)8-2-4-13(14,15)5-3-8/h6,8H,2-5H2,1H3,(H,16,17)(H,18,19). The second-order valence-electron chi connectivity index (χ2n) is 5.05. The predicted octanol–water partition coefficient (Wildman–Crippen LogP) is 3.52. The molecule has 1 aromatic rings. The molecule has 0 unspecified atom stereocenters. The number of carboxylic acid groups (broad SMARTS) is 1. The van der Waals surface area contributed by atoms with Crippen LogP contribution in [-0.2, 0) is 4.79 Å². The number of carbonyl (C=O) groups is 2. The van der Waals surface area contributed by atoms with Crippen molar-refractivity contribution in [1.29, 1.82) is 0 Å². The van der Waals surface area contributed by atoms with Gasteiger partial charge in [-0.15, -0.1) is 11.3 Å². The highest BCUT2D eigenvalue weighted by Crippen LogP contribution is 2.37. The molecule has 2 N–H and O–H groups in total. The summed E-state index contributed by atoms with van der Waals surface area (Å²) in [6.07, 6.45) is -0.326. The van der Waals surface area contributed by atoms with Gasteiger partial charge in [-0.1, -0.05) is 0 Å². The topological polar surface area (TPSA) is 66.4 Å². The lowest BCUT2D eigenvalue weighted by atomic mass is 9.86. The number of aromatic carboxylic acids is 1. The van der Waals surface area contributed by atoms with E-state index in [1.807, 2.05) is 0 Å². The number of rotatable bonds is 3. The number of nitrogens with one attached hydrogen (secondary N) is 1. The van der Waals surface area contributed by atoms with Crippen LogP contribution in [0.2, 0.25) is 0 Å². The number of carbonyl (C=O) groups excluding carboxylic acids is 1. The molecule has 0 aromatic carbocycles. The maximum absolute atomic E-state index is 13.0. The number of thiophene rings is 1. The van der Waals surface area contributed by atoms with Gasteiger partial charge in [-0.05, 0) is 30.7 Å². The molecule has 0 atom stereocenters. The zero-order chi connectivity index (χ0) is 14.9. The maximum atomic E-state index is 13.0. The van der Waals surface area contributed by atoms with Crippen LogP contribution in [0.25, 0.3) is 0 Å². The van der Waals surface area contributed by atoms with E-state index in [2.05, 4.69) is 5.32 Å². The number of aryl methyl sites for hydroxylation is 1. The maximum Gasteiger partial charge on any atom is 0.348 e. The molecule has 1 aliphatic carbocycles. The van der Waals surface area contributed by atoms with E-state index in [0.717, 1.165) is 11.3 Å². The van der Waals surface area contributed by atoms with E-state index in [9.17, 15) is 18.4 Å². The quantitative estimate of drug-likeness (QED) is 0.898. The van der Waals surface area contributed by atoms with Crippen molar-refractivity contribution in [2.45, 2.75) is 38.5 Å². The van der Waals surface area contributed by atoms with E-state index in [1.165, 1.54) is 0 Å². The largest absolute Gasteiger partial charge is 0.477 e. The van der Waals surface area contributed by atoms with E-state index in [1.54, 1.807) is 12.3 Å². The van der Waals surface area contributed by atoms with Crippen molar-refractivity contribution < 1.29 is 23.5 Å². The lowest BCUT2D eigenvalue weighted by Gasteiger charge is -2.27. The van der Waals surface area contributed by atoms with Gasteiger partial charge < -0.3 is 10.4 Å². The smallest absolute Gasteiger partial charge is 0.348 e. The summed E-state index contributed by atoms with van der Waals surface area (Å²) >= 11 is 1.04. The van der Waals surface area contributed by atoms with Crippen LogP contribution in [0.1, 0.15) is 40.9 Å². The highest BCUT2D eigenvalue weighted by molar-refractivity contribution is 7.12. The number of hydrogen-bond donors (Lipinski definition) is 2. The summed E-state index contributed by atoms with van der Waals surface area (Å²) in [6.45, 7) is 1.70. The van der Waals surface area contributed by atoms with Gasteiger partial charge in [0.1, 0.15) is 4.88 Å². The Labute approximate surface area is 118 Å². The van der Waals surface area contributed by atoms with Crippen molar-refractivity contribution in [2.75, 3.05) is 5.32 Å². The first-order chi connectivity index (χ1) is 9.30. The Bertz CT molecular complexity index is 532. The molecule has 0 spiro atoms. The Kier molecular flexibility index (Phi) is 4.08. The molecule has 20 heavy (non-hydrogen) atoms. The molecule has 0 saturated heterocycles. The van der Waals surface area contributed by atoms with Crippen LogP contribution in [0.3, 0.4) is 0 Å². The van der Waals surface area contributed by atoms with Gasteiger partial charge >= 0.3 is 5.97 Å². The van der Waals surface area contributed by atoms with Crippen molar-refractivity contribution in [3.8, 4) is 0 Å². The molecular weight excluding hydrogens is 288 g/mol. The summed E-state index contributed by atoms with van der Waals surface area (Å²) in [4.78, 5) is 23.2. The Morgan fingerprint density at radius 1 is 1.40 bits per heavy atom. The number of alkyl halides is 2. The van der Waals surface area contributed by atoms with E-state index in [-0.39, 0.29) is 42.2 Å². The normalized spacial score (nSPS) is 18.8. The van der Waals surface area contributed by atoms with Crippen molar-refractivity contribution in [3.05, 3.63) is 15.8 Å². The Hall–Kier alpha value is -1.50. The van der Waals surface area contributed by atoms with Gasteiger partial charge in [0.2, 0.25) is 11.8 Å². The van der Waals surface area contributed by atoms with Crippen molar-refractivity contribution in [1.82, 2.24) is 0 Å². The fourth-order valence-electron chi connectivity index (χ4n) is 2.28. The molecule has 1 fully saturated rings. The summed E-state index contributed by atoms with van der Waals surface area (Å²) in [7, 11) is 0. The summed E-state index contributed by atoms with van der Waals surface area (Å²) in [5, 5.41) is 13.3. The molecule has 4 nitrogen and oxygen atoms in total. The van der Waals surface area contributed by atoms with Gasteiger partial charge in [-0.3, -0.25) is 4.79 Å². The van der Waals surface area contributed by atoms with E-state index >= 15 is 0 Å². The van der Waals surface area contributed by atoms with Gasteiger partial charge in [0.05, 0.1) is 5.69 Å². The lowest BCUT2D eigenvalue weighted by Crippen LogP contribution is -2.32. The predicted molar refractivity (Wildman–Crippen MR) is 71.6 cm³/mol. The first kappa shape index (κ1) is 14.9. The molecule has 7 heteroatoms. The molecule has 1 heterocycles. The highest BCUT2D eigenvalue weighted by atomic mass is 32.1. The summed E-state index contributed by atoms with van der Waals surface area (Å²) in [5.41, 5.74) is 0.951. The number of amides is 1. The van der Waals surface area contributed by atoms with Gasteiger partial charge in [0.15, 0.2) is 0 Å². The Morgan fingerprint density at radius 3 is 2.55 bits per heavy atom. The third kappa shape index (κ3) is 3.15. The summed E-state index contributed by atoms with van der Waals surface area (Å²) in [5.74, 6) is -4.63. The van der Waals surface area contributed by atoms with Crippen LogP contribution < -0.4 is 5.32 Å². The highest BCUT2D eigenvalue weighted by Gasteiger charge is 2.37. The Balaban J connectivity index is 2.06. The van der Waals surface area contributed by atoms with E-state index < -0.39 is 17.8 Å². The molecular formula is C13H15F2NO3S. The number of halogens is 2. The fraction of sp³-hybridized carbons (Fsp3) is 0.538. The zero-order valence-electron chi connectivity index (χ0n) is 10.9. The van der Waals surface area contributed by atoms with Gasteiger partial charge in [0.25, 0.3) is 0 Å². The van der Waals surface area contributed by atoms with Gasteiger partial charge in [-0.2, -0.15) is 0 Å². The van der Waals surface area contributed by atoms with Crippen LogP contribution in [0.15, 0.2) is 5.38 Å². The molecule has 0 bridgehead atoms. The molecule has 0 aliphatic heterocycles. The zero-order valence-corrected chi connectivity index (χ0v) is 11.7. The van der Waals surface area contributed by atoms with E-state index in [0.29, 0.717) is 5.56 Å². The molecule has 1 saturated carbocycles. The monoisotopic (exact) mass is 303 g/mol. The number of hydrogen-bond acceptors (Lipinski definition) is 3. The summed E-state index contributed by atoms with van der Waals surface area (Å²) in [6, 6.07) is 0. The second kappa shape index (κ2) is 5.47. The van der Waals surface area contributed by atoms with Gasteiger partial charge in [0, 0.05) is 18.8 Å². The minimum absolute atomic E-state index is 0.0667. The number of anilines is 1. The minimum atomic E-state index is -2.68. The van der Waals surface area contributed by atoms with Gasteiger partial charge in [-0.25, -0.2) is 13.6 Å². The molecule has 2 rings (SSSR count). The van der Waals surface area contributed by atoms with Crippen LogP contribution >= 0.6 is 11.3 Å².